The van der Waals surface area contributed by atoms with Crippen molar-refractivity contribution in [2.75, 3.05) is 0 Å². The van der Waals surface area contributed by atoms with Crippen LogP contribution in [0.4, 0.5) is 0 Å². The van der Waals surface area contributed by atoms with Crippen molar-refractivity contribution in [2.24, 2.45) is 11.8 Å². The van der Waals surface area contributed by atoms with Crippen LogP contribution < -0.4 is 0 Å². The molecule has 0 saturated heterocycles. The van der Waals surface area contributed by atoms with Crippen LogP contribution in [0.2, 0.25) is 0 Å². The summed E-state index contributed by atoms with van der Waals surface area (Å²) in [6.07, 6.45) is 26.1. The fourth-order valence-electron chi connectivity index (χ4n) is 2.33. The second kappa shape index (κ2) is 6.52. The van der Waals surface area contributed by atoms with Gasteiger partial charge in [0.1, 0.15) is 0 Å². The first kappa shape index (κ1) is 11.4. The molecule has 0 heterocycles. The van der Waals surface area contributed by atoms with Gasteiger partial charge in [-0.3, -0.25) is 0 Å². The Labute approximate surface area is 99.4 Å². The summed E-state index contributed by atoms with van der Waals surface area (Å²) >= 11 is 0. The molecule has 0 aromatic carbocycles. The van der Waals surface area contributed by atoms with E-state index in [9.17, 15) is 0 Å². The Hall–Kier alpha value is -1.04. The van der Waals surface area contributed by atoms with E-state index in [0.29, 0.717) is 0 Å². The molecule has 0 atom stereocenters. The summed E-state index contributed by atoms with van der Waals surface area (Å²) in [6, 6.07) is 0. The summed E-state index contributed by atoms with van der Waals surface area (Å²) in [5.41, 5.74) is 0. The molecule has 4 aliphatic carbocycles. The minimum absolute atomic E-state index is 0.792. The van der Waals surface area contributed by atoms with Crippen LogP contribution >= 0.6 is 0 Å². The highest BCUT2D eigenvalue weighted by atomic mass is 14.2. The zero-order chi connectivity index (χ0) is 11.1. The number of rotatable bonds is 0. The van der Waals surface area contributed by atoms with Crippen molar-refractivity contribution >= 4 is 0 Å². The second-order valence-electron chi connectivity index (χ2n) is 4.77. The van der Waals surface area contributed by atoms with E-state index >= 15 is 0 Å². The summed E-state index contributed by atoms with van der Waals surface area (Å²) < 4.78 is 0. The molecule has 0 nitrogen and oxygen atoms in total. The lowest BCUT2D eigenvalue weighted by molar-refractivity contribution is 0.530. The Kier molecular flexibility index (Phi) is 4.67. The van der Waals surface area contributed by atoms with E-state index in [4.69, 9.17) is 0 Å². The highest BCUT2D eigenvalue weighted by molar-refractivity contribution is 5.17. The Balaban J connectivity index is 0.000000120. The number of hydrogen-bond donors (Lipinski definition) is 0. The Morgan fingerprint density at radius 3 is 1.00 bits per heavy atom. The van der Waals surface area contributed by atoms with E-state index in [0.717, 1.165) is 11.8 Å². The lowest BCUT2D eigenvalue weighted by atomic mass is 9.82. The second-order valence-corrected chi connectivity index (χ2v) is 4.77. The van der Waals surface area contributed by atoms with Crippen molar-refractivity contribution in [3.05, 3.63) is 48.6 Å². The van der Waals surface area contributed by atoms with Gasteiger partial charge in [-0.1, -0.05) is 48.6 Å². The zero-order valence-corrected chi connectivity index (χ0v) is 10.0. The number of allylic oxidation sites excluding steroid dienone is 8. The van der Waals surface area contributed by atoms with Crippen molar-refractivity contribution in [3.63, 3.8) is 0 Å². The van der Waals surface area contributed by atoms with Crippen molar-refractivity contribution in [2.45, 2.75) is 38.5 Å². The SMILES string of the molecule is C1=CC2C=CC1CC2.C1=C\CC/C=C\CC/1. The third-order valence-corrected chi connectivity index (χ3v) is 3.38. The molecule has 0 amide bonds. The lowest BCUT2D eigenvalue weighted by Crippen LogP contribution is -2.10. The highest BCUT2D eigenvalue weighted by Gasteiger charge is 2.15. The average Bonchev–Trinajstić information content (AvgIpc) is 2.31. The van der Waals surface area contributed by atoms with Crippen LogP contribution in [0, 0.1) is 11.8 Å². The molecule has 0 radical (unpaired) electrons. The molecular formula is C16H22. The maximum atomic E-state index is 2.33. The zero-order valence-electron chi connectivity index (χ0n) is 10.0. The topological polar surface area (TPSA) is 0 Å². The molecule has 2 bridgehead atoms. The molecule has 0 aromatic rings. The molecule has 0 spiro atoms. The Morgan fingerprint density at radius 2 is 0.812 bits per heavy atom. The van der Waals surface area contributed by atoms with E-state index in [2.05, 4.69) is 48.6 Å². The molecule has 0 aliphatic heterocycles. The van der Waals surface area contributed by atoms with Crippen LogP contribution in [-0.2, 0) is 0 Å². The fraction of sp³-hybridized carbons (Fsp3) is 0.500. The highest BCUT2D eigenvalue weighted by Crippen LogP contribution is 2.29. The molecule has 0 unspecified atom stereocenters. The smallest absolute Gasteiger partial charge is 0.00527 e. The maximum absolute atomic E-state index is 2.33. The molecule has 4 aliphatic rings. The predicted molar refractivity (Wildman–Crippen MR) is 71.2 cm³/mol. The molecule has 4 rings (SSSR count). The summed E-state index contributed by atoms with van der Waals surface area (Å²) in [7, 11) is 0. The van der Waals surface area contributed by atoms with E-state index in [1.165, 1.54) is 38.5 Å². The normalized spacial score (nSPS) is 34.5. The van der Waals surface area contributed by atoms with Crippen LogP contribution in [0.25, 0.3) is 0 Å². The third-order valence-electron chi connectivity index (χ3n) is 3.38. The predicted octanol–water partition coefficient (Wildman–Crippen LogP) is 4.81. The quantitative estimate of drug-likeness (QED) is 0.507. The van der Waals surface area contributed by atoms with Crippen LogP contribution in [0.1, 0.15) is 38.5 Å². The van der Waals surface area contributed by atoms with Gasteiger partial charge in [0.15, 0.2) is 0 Å². The first-order chi connectivity index (χ1) is 7.95. The van der Waals surface area contributed by atoms with Crippen LogP contribution in [0.15, 0.2) is 48.6 Å². The molecular weight excluding hydrogens is 192 g/mol. The molecule has 16 heavy (non-hydrogen) atoms. The lowest BCUT2D eigenvalue weighted by Gasteiger charge is -2.23. The number of hydrogen-bond acceptors (Lipinski definition) is 0. The molecule has 0 saturated carbocycles. The van der Waals surface area contributed by atoms with E-state index in [-0.39, 0.29) is 0 Å². The van der Waals surface area contributed by atoms with E-state index < -0.39 is 0 Å². The standard InChI is InChI=1S/C8H10.C8H12/c1-2-8-5-3-7(1)4-6-8;1-2-4-6-8-7-5-3-1/h1-3,5,7-8H,4,6H2;1-2,7-8H,3-6H2/b;2-1-,8-7-. The number of fused-ring (bicyclic) bond motifs is 1. The van der Waals surface area contributed by atoms with Crippen molar-refractivity contribution in [1.29, 1.82) is 0 Å². The van der Waals surface area contributed by atoms with Gasteiger partial charge in [0.2, 0.25) is 0 Å². The Bertz CT molecular complexity index is 248. The van der Waals surface area contributed by atoms with Gasteiger partial charge in [-0.25, -0.2) is 0 Å². The summed E-state index contributed by atoms with van der Waals surface area (Å²) in [4.78, 5) is 0. The summed E-state index contributed by atoms with van der Waals surface area (Å²) in [5.74, 6) is 1.58. The van der Waals surface area contributed by atoms with E-state index in [1.54, 1.807) is 0 Å². The molecule has 86 valence electrons. The van der Waals surface area contributed by atoms with Gasteiger partial charge in [-0.05, 0) is 50.4 Å². The maximum Gasteiger partial charge on any atom is -0.00527 e. The molecule has 0 fully saturated rings. The van der Waals surface area contributed by atoms with Crippen molar-refractivity contribution in [1.82, 2.24) is 0 Å². The molecule has 0 heteroatoms. The average molecular weight is 214 g/mol. The van der Waals surface area contributed by atoms with Crippen LogP contribution in [0.3, 0.4) is 0 Å². The minimum atomic E-state index is 0.792. The van der Waals surface area contributed by atoms with Gasteiger partial charge in [0, 0.05) is 0 Å². The minimum Gasteiger partial charge on any atom is -0.0882 e. The fourth-order valence-corrected chi connectivity index (χ4v) is 2.33. The third kappa shape index (κ3) is 3.84. The van der Waals surface area contributed by atoms with Crippen molar-refractivity contribution < 1.29 is 0 Å². The van der Waals surface area contributed by atoms with Gasteiger partial charge in [0.25, 0.3) is 0 Å². The van der Waals surface area contributed by atoms with E-state index in [1.807, 2.05) is 0 Å². The summed E-state index contributed by atoms with van der Waals surface area (Å²) in [6.45, 7) is 0. The monoisotopic (exact) mass is 214 g/mol. The van der Waals surface area contributed by atoms with Gasteiger partial charge in [-0.15, -0.1) is 0 Å². The van der Waals surface area contributed by atoms with Crippen LogP contribution in [-0.4, -0.2) is 0 Å². The van der Waals surface area contributed by atoms with Gasteiger partial charge >= 0.3 is 0 Å². The van der Waals surface area contributed by atoms with Gasteiger partial charge in [-0.2, -0.15) is 0 Å². The first-order valence-electron chi connectivity index (χ1n) is 6.62. The van der Waals surface area contributed by atoms with Gasteiger partial charge < -0.3 is 0 Å². The summed E-state index contributed by atoms with van der Waals surface area (Å²) in [5, 5.41) is 0. The van der Waals surface area contributed by atoms with Crippen molar-refractivity contribution in [3.8, 4) is 0 Å². The van der Waals surface area contributed by atoms with Crippen LogP contribution in [0.5, 0.6) is 0 Å². The molecule has 0 N–H and O–H groups in total. The first-order valence-corrected chi connectivity index (χ1v) is 6.62. The van der Waals surface area contributed by atoms with Gasteiger partial charge in [0.05, 0.1) is 0 Å². The Morgan fingerprint density at radius 1 is 0.500 bits per heavy atom. The largest absolute Gasteiger partial charge is 0.0882 e. The molecule has 0 aromatic heterocycles.